The van der Waals surface area contributed by atoms with Gasteiger partial charge in [-0.2, -0.15) is 0 Å². The smallest absolute Gasteiger partial charge is 0.215 e. The summed E-state index contributed by atoms with van der Waals surface area (Å²) < 4.78 is 4.44. The molecule has 60 heavy (non-hydrogen) atoms. The highest BCUT2D eigenvalue weighted by atomic mass is 15.3. The second-order valence-electron chi connectivity index (χ2n) is 18.2. The van der Waals surface area contributed by atoms with Crippen molar-refractivity contribution in [1.82, 2.24) is 19.1 Å². The Hall–Kier alpha value is -6.66. The third kappa shape index (κ3) is 5.06. The molecule has 0 amide bonds. The fourth-order valence-electron chi connectivity index (χ4n) is 11.2. The van der Waals surface area contributed by atoms with Gasteiger partial charge in [-0.3, -0.25) is 9.80 Å². The van der Waals surface area contributed by atoms with E-state index in [0.29, 0.717) is 0 Å². The van der Waals surface area contributed by atoms with Gasteiger partial charge in [-0.25, -0.2) is 9.97 Å². The standard InChI is InChI=1S/C54H50N6/c1-33-29-37(59(35-19-11-9-12-20-35)51-55-43-23-15-17-25-45(43)57(51)7)31-41-47(33)39-27-28-40-48-34(2)30-38(32-42(48)54(5,6)50(40)49(39)53(41,3)4)60(36-21-13-10-14-22-36)52-56-44-24-16-18-26-46(44)58(52)8/h9-32,41,47H,1-8H3. The molecule has 8 aromatic rings. The molecule has 3 aliphatic carbocycles. The van der Waals surface area contributed by atoms with E-state index < -0.39 is 0 Å². The minimum Gasteiger partial charge on any atom is -0.313 e. The number of nitrogens with zero attached hydrogens (tertiary/aromatic N) is 6. The van der Waals surface area contributed by atoms with Crippen LogP contribution in [0.1, 0.15) is 68.4 Å². The summed E-state index contributed by atoms with van der Waals surface area (Å²) in [5.41, 5.74) is 19.5. The number of para-hydroxylation sites is 6. The zero-order valence-electron chi connectivity index (χ0n) is 35.7. The highest BCUT2D eigenvalue weighted by Crippen LogP contribution is 2.63. The Morgan fingerprint density at radius 1 is 0.583 bits per heavy atom. The first-order chi connectivity index (χ1) is 28.9. The molecule has 0 spiro atoms. The summed E-state index contributed by atoms with van der Waals surface area (Å²) in [6, 6.07) is 48.0. The van der Waals surface area contributed by atoms with Crippen molar-refractivity contribution in [3.8, 4) is 11.1 Å². The zero-order valence-corrected chi connectivity index (χ0v) is 35.7. The zero-order chi connectivity index (χ0) is 41.2. The first kappa shape index (κ1) is 36.4. The molecular weight excluding hydrogens is 733 g/mol. The molecule has 11 rings (SSSR count). The Balaban J connectivity index is 1.05. The van der Waals surface area contributed by atoms with Crippen LogP contribution in [0.3, 0.4) is 0 Å². The van der Waals surface area contributed by atoms with E-state index >= 15 is 0 Å². The number of aromatic nitrogens is 4. The number of allylic oxidation sites excluding steroid dienone is 3. The summed E-state index contributed by atoms with van der Waals surface area (Å²) in [5, 5.41) is 0. The van der Waals surface area contributed by atoms with Crippen molar-refractivity contribution in [1.29, 1.82) is 0 Å². The summed E-state index contributed by atoms with van der Waals surface area (Å²) in [5.74, 6) is 2.34. The lowest BCUT2D eigenvalue weighted by Crippen LogP contribution is -2.31. The highest BCUT2D eigenvalue weighted by molar-refractivity contribution is 5.90. The largest absolute Gasteiger partial charge is 0.313 e. The molecule has 0 aliphatic heterocycles. The molecule has 0 N–H and O–H groups in total. The maximum Gasteiger partial charge on any atom is 0.215 e. The van der Waals surface area contributed by atoms with Crippen LogP contribution in [-0.2, 0) is 24.9 Å². The number of anilines is 5. The summed E-state index contributed by atoms with van der Waals surface area (Å²) >= 11 is 0. The van der Waals surface area contributed by atoms with E-state index in [-0.39, 0.29) is 22.7 Å². The van der Waals surface area contributed by atoms with Crippen molar-refractivity contribution in [2.75, 3.05) is 9.80 Å². The van der Waals surface area contributed by atoms with Crippen LogP contribution < -0.4 is 9.80 Å². The van der Waals surface area contributed by atoms with Gasteiger partial charge in [0, 0.05) is 48.2 Å². The molecular formula is C54H50N6. The first-order valence-electron chi connectivity index (χ1n) is 21.2. The summed E-state index contributed by atoms with van der Waals surface area (Å²) in [4.78, 5) is 15.1. The lowest BCUT2D eigenvalue weighted by molar-refractivity contribution is 0.380. The van der Waals surface area contributed by atoms with Gasteiger partial charge in [0.05, 0.1) is 22.1 Å². The van der Waals surface area contributed by atoms with Gasteiger partial charge in [-0.1, -0.05) is 112 Å². The molecule has 6 nitrogen and oxygen atoms in total. The van der Waals surface area contributed by atoms with Crippen LogP contribution in [0.15, 0.2) is 157 Å². The van der Waals surface area contributed by atoms with Gasteiger partial charge in [-0.05, 0) is 131 Å². The van der Waals surface area contributed by atoms with Crippen molar-refractivity contribution in [2.45, 2.75) is 58.3 Å². The van der Waals surface area contributed by atoms with Crippen molar-refractivity contribution in [3.05, 3.63) is 185 Å². The monoisotopic (exact) mass is 782 g/mol. The van der Waals surface area contributed by atoms with Crippen LogP contribution >= 0.6 is 0 Å². The number of fused-ring (bicyclic) bond motifs is 9. The van der Waals surface area contributed by atoms with E-state index in [1.165, 1.54) is 50.2 Å². The van der Waals surface area contributed by atoms with Crippen molar-refractivity contribution in [3.63, 3.8) is 0 Å². The number of rotatable bonds is 6. The number of benzene rings is 6. The Labute approximate surface area is 352 Å². The molecule has 0 fully saturated rings. The topological polar surface area (TPSA) is 42.1 Å². The Bertz CT molecular complexity index is 3110. The minimum absolute atomic E-state index is 0.153. The van der Waals surface area contributed by atoms with E-state index in [1.807, 2.05) is 0 Å². The Kier molecular flexibility index (Phi) is 7.84. The molecule has 0 saturated carbocycles. The van der Waals surface area contributed by atoms with Crippen LogP contribution in [0.25, 0.3) is 33.2 Å². The van der Waals surface area contributed by atoms with Gasteiger partial charge < -0.3 is 9.13 Å². The van der Waals surface area contributed by atoms with Crippen molar-refractivity contribution < 1.29 is 0 Å². The third-order valence-corrected chi connectivity index (χ3v) is 14.0. The maximum atomic E-state index is 5.23. The molecule has 6 aromatic carbocycles. The van der Waals surface area contributed by atoms with Crippen LogP contribution in [-0.4, -0.2) is 19.1 Å². The average molecular weight is 783 g/mol. The third-order valence-electron chi connectivity index (χ3n) is 14.0. The second-order valence-corrected chi connectivity index (χ2v) is 18.2. The lowest BCUT2D eigenvalue weighted by atomic mass is 9.69. The van der Waals surface area contributed by atoms with E-state index in [4.69, 9.17) is 9.97 Å². The fourth-order valence-corrected chi connectivity index (χ4v) is 11.2. The predicted octanol–water partition coefficient (Wildman–Crippen LogP) is 13.2. The van der Waals surface area contributed by atoms with Crippen LogP contribution in [0.4, 0.5) is 29.0 Å². The molecule has 0 radical (unpaired) electrons. The van der Waals surface area contributed by atoms with Gasteiger partial charge in [0.1, 0.15) is 0 Å². The molecule has 6 heteroatoms. The van der Waals surface area contributed by atoms with Gasteiger partial charge in [0.25, 0.3) is 0 Å². The second kappa shape index (κ2) is 12.9. The molecule has 2 atom stereocenters. The molecule has 3 aliphatic rings. The number of imidazole rings is 2. The molecule has 2 heterocycles. The number of hydrogen-bond donors (Lipinski definition) is 0. The SMILES string of the molecule is CC1=CC(N(c2ccccc2)c2nc3ccccc3n2C)=CC2C1c1ccc3c(c1C2(C)C)C(C)(C)c1cc(N(c2ccccc2)c2nc4ccccc4n2C)cc(C)c1-3. The molecule has 2 aromatic heterocycles. The Morgan fingerprint density at radius 2 is 1.13 bits per heavy atom. The average Bonchev–Trinajstić information content (AvgIpc) is 3.90. The van der Waals surface area contributed by atoms with Gasteiger partial charge >= 0.3 is 0 Å². The Morgan fingerprint density at radius 3 is 1.73 bits per heavy atom. The quantitative estimate of drug-likeness (QED) is 0.168. The fraction of sp³-hybridized carbons (Fsp3) is 0.222. The molecule has 0 bridgehead atoms. The van der Waals surface area contributed by atoms with E-state index in [9.17, 15) is 0 Å². The lowest BCUT2D eigenvalue weighted by Gasteiger charge is -2.37. The van der Waals surface area contributed by atoms with E-state index in [1.54, 1.807) is 0 Å². The van der Waals surface area contributed by atoms with Crippen molar-refractivity contribution >= 4 is 51.0 Å². The van der Waals surface area contributed by atoms with E-state index in [0.717, 1.165) is 51.0 Å². The number of hydrogen-bond acceptors (Lipinski definition) is 4. The normalized spacial score (nSPS) is 18.1. The summed E-state index contributed by atoms with van der Waals surface area (Å²) in [7, 11) is 4.26. The van der Waals surface area contributed by atoms with E-state index in [2.05, 4.69) is 220 Å². The maximum absolute atomic E-state index is 5.23. The highest BCUT2D eigenvalue weighted by Gasteiger charge is 2.52. The predicted molar refractivity (Wildman–Crippen MR) is 248 cm³/mol. The minimum atomic E-state index is -0.246. The van der Waals surface area contributed by atoms with Crippen LogP contribution in [0.5, 0.6) is 0 Å². The van der Waals surface area contributed by atoms with Crippen LogP contribution in [0, 0.1) is 12.8 Å². The summed E-state index contributed by atoms with van der Waals surface area (Å²) in [6.07, 6.45) is 4.98. The molecule has 2 unspecified atom stereocenters. The summed E-state index contributed by atoms with van der Waals surface area (Å²) in [6.45, 7) is 14.5. The first-order valence-corrected chi connectivity index (χ1v) is 21.2. The van der Waals surface area contributed by atoms with Gasteiger partial charge in [0.2, 0.25) is 11.9 Å². The van der Waals surface area contributed by atoms with Gasteiger partial charge in [-0.15, -0.1) is 0 Å². The van der Waals surface area contributed by atoms with Crippen LogP contribution in [0.2, 0.25) is 0 Å². The van der Waals surface area contributed by atoms with Crippen molar-refractivity contribution in [2.24, 2.45) is 20.0 Å². The molecule has 0 saturated heterocycles. The molecule has 296 valence electrons. The van der Waals surface area contributed by atoms with Gasteiger partial charge in [0.15, 0.2) is 0 Å². The number of aryl methyl sites for hydroxylation is 3.